The Labute approximate surface area is 237 Å². The highest BCUT2D eigenvalue weighted by atomic mass is 16.7. The molecular weight excluding hydrogens is 516 g/mol. The molecule has 5 rings (SSSR count). The van der Waals surface area contributed by atoms with E-state index in [9.17, 15) is 24.3 Å². The van der Waals surface area contributed by atoms with Crippen molar-refractivity contribution in [3.05, 3.63) is 0 Å². The number of ether oxygens (including phenoxy) is 4. The molecule has 11 atom stereocenters. The quantitative estimate of drug-likeness (QED) is 0.399. The molecule has 5 fully saturated rings. The molecule has 0 aromatic heterocycles. The third-order valence-corrected chi connectivity index (χ3v) is 12.1. The van der Waals surface area contributed by atoms with Crippen LogP contribution >= 0.6 is 0 Å². The number of carbonyl (C=O) groups is 4. The minimum absolute atomic E-state index is 0.00234. The molecule has 4 aliphatic carbocycles. The van der Waals surface area contributed by atoms with E-state index in [4.69, 9.17) is 18.9 Å². The summed E-state index contributed by atoms with van der Waals surface area (Å²) in [5.74, 6) is -2.06. The van der Waals surface area contributed by atoms with E-state index < -0.39 is 59.3 Å². The topological polar surface area (TPSA) is 125 Å². The van der Waals surface area contributed by atoms with Gasteiger partial charge in [0.1, 0.15) is 12.2 Å². The smallest absolute Gasteiger partial charge is 0.305 e. The number of hydrogen-bond donors (Lipinski definition) is 1. The van der Waals surface area contributed by atoms with E-state index in [2.05, 4.69) is 27.7 Å². The lowest BCUT2D eigenvalue weighted by Gasteiger charge is -2.70. The van der Waals surface area contributed by atoms with Crippen molar-refractivity contribution in [2.75, 3.05) is 0 Å². The van der Waals surface area contributed by atoms with Crippen molar-refractivity contribution < 1.29 is 43.2 Å². The van der Waals surface area contributed by atoms with Gasteiger partial charge in [-0.25, -0.2) is 0 Å². The summed E-state index contributed by atoms with van der Waals surface area (Å²) in [7, 11) is 0. The Bertz CT molecular complexity index is 1120. The van der Waals surface area contributed by atoms with Crippen molar-refractivity contribution in [2.24, 2.45) is 39.4 Å². The fourth-order valence-corrected chi connectivity index (χ4v) is 10.7. The minimum Gasteiger partial charge on any atom is -0.461 e. The van der Waals surface area contributed by atoms with Gasteiger partial charge in [0.15, 0.2) is 11.4 Å². The number of Topliss-reactive ketones (excluding diaryl/α,β-unsaturated/α-hetero) is 1. The minimum atomic E-state index is -2.26. The Hall–Kier alpha value is -2.00. The average molecular weight is 563 g/mol. The summed E-state index contributed by atoms with van der Waals surface area (Å²) >= 11 is 0. The molecule has 0 aromatic rings. The van der Waals surface area contributed by atoms with Gasteiger partial charge in [-0.2, -0.15) is 0 Å². The van der Waals surface area contributed by atoms with Gasteiger partial charge in [-0.1, -0.05) is 34.1 Å². The molecule has 0 amide bonds. The van der Waals surface area contributed by atoms with Gasteiger partial charge < -0.3 is 24.1 Å². The summed E-state index contributed by atoms with van der Waals surface area (Å²) in [5.41, 5.74) is -3.62. The summed E-state index contributed by atoms with van der Waals surface area (Å²) in [4.78, 5) is 51.2. The van der Waals surface area contributed by atoms with Gasteiger partial charge in [0, 0.05) is 20.8 Å². The molecule has 0 aromatic carbocycles. The van der Waals surface area contributed by atoms with Gasteiger partial charge in [0.05, 0.1) is 5.41 Å². The van der Waals surface area contributed by atoms with E-state index in [0.717, 1.165) is 32.6 Å². The Morgan fingerprint density at radius 1 is 0.800 bits per heavy atom. The highest BCUT2D eigenvalue weighted by Crippen LogP contribution is 2.73. The molecule has 0 unspecified atom stereocenters. The number of rotatable bonds is 3. The van der Waals surface area contributed by atoms with Crippen LogP contribution in [0.4, 0.5) is 0 Å². The zero-order valence-electron chi connectivity index (χ0n) is 25.2. The second-order valence-corrected chi connectivity index (χ2v) is 14.7. The predicted molar refractivity (Wildman–Crippen MR) is 142 cm³/mol. The summed E-state index contributed by atoms with van der Waals surface area (Å²) in [6, 6.07) is 0. The number of ketones is 1. The van der Waals surface area contributed by atoms with Crippen LogP contribution in [0, 0.1) is 39.4 Å². The van der Waals surface area contributed by atoms with Crippen LogP contribution in [-0.4, -0.2) is 59.0 Å². The molecule has 1 aliphatic heterocycles. The molecule has 224 valence electrons. The van der Waals surface area contributed by atoms with Crippen molar-refractivity contribution >= 4 is 23.7 Å². The number of fused-ring (bicyclic) bond motifs is 6. The molecule has 1 heterocycles. The molecule has 5 aliphatic rings. The highest BCUT2D eigenvalue weighted by molar-refractivity contribution is 5.96. The summed E-state index contributed by atoms with van der Waals surface area (Å²) in [6.45, 7) is 14.9. The largest absolute Gasteiger partial charge is 0.461 e. The summed E-state index contributed by atoms with van der Waals surface area (Å²) < 4.78 is 22.8. The third kappa shape index (κ3) is 3.92. The lowest BCUT2D eigenvalue weighted by molar-refractivity contribution is -0.254. The van der Waals surface area contributed by atoms with E-state index in [1.165, 1.54) is 20.3 Å². The standard InChI is InChI=1S/C31H46O9/c1-16(32)37-22-14-20-28(6)12-9-11-27(4,5)19(28)10-13-29(20,7)21-15-23-31(36,26(35)30(21,22)8)24(38-17(2)33)25(40-23)39-18(3)34/h19-25,36H,9-15H2,1-8H3/t19-,20+,21-,22-,23-,24-,25-,28-,29+,30+,31-/m0/s1. The Balaban J connectivity index is 1.63. The fourth-order valence-electron chi connectivity index (χ4n) is 10.7. The second kappa shape index (κ2) is 9.25. The van der Waals surface area contributed by atoms with Crippen LogP contribution in [0.25, 0.3) is 0 Å². The van der Waals surface area contributed by atoms with Crippen LogP contribution in [0.3, 0.4) is 0 Å². The van der Waals surface area contributed by atoms with E-state index in [-0.39, 0.29) is 34.5 Å². The highest BCUT2D eigenvalue weighted by Gasteiger charge is 2.77. The van der Waals surface area contributed by atoms with Crippen LogP contribution < -0.4 is 0 Å². The maximum absolute atomic E-state index is 14.7. The molecular formula is C31H46O9. The number of aliphatic hydroxyl groups is 1. The Kier molecular flexibility index (Phi) is 6.82. The lowest BCUT2D eigenvalue weighted by atomic mass is 9.34. The van der Waals surface area contributed by atoms with Crippen molar-refractivity contribution in [3.8, 4) is 0 Å². The SMILES string of the molecule is CC(=O)O[C@H]1O[C@H]2C[C@H]3[C@]4(C)CC[C@H]5C(C)(C)CCC[C@]5(C)[C@H]4C[C@H](OC(C)=O)[C@]3(C)C(=O)[C@@]2(O)[C@H]1OC(C)=O. The van der Waals surface area contributed by atoms with Gasteiger partial charge in [-0.05, 0) is 79.4 Å². The Morgan fingerprint density at radius 2 is 1.40 bits per heavy atom. The van der Waals surface area contributed by atoms with Crippen LogP contribution in [0.1, 0.15) is 100 Å². The van der Waals surface area contributed by atoms with Gasteiger partial charge >= 0.3 is 17.9 Å². The van der Waals surface area contributed by atoms with Gasteiger partial charge in [-0.15, -0.1) is 0 Å². The van der Waals surface area contributed by atoms with E-state index in [1.54, 1.807) is 6.92 Å². The zero-order valence-corrected chi connectivity index (χ0v) is 25.2. The zero-order chi connectivity index (χ0) is 29.6. The number of hydrogen-bond acceptors (Lipinski definition) is 9. The van der Waals surface area contributed by atoms with Crippen molar-refractivity contribution in [3.63, 3.8) is 0 Å². The first-order chi connectivity index (χ1) is 18.4. The molecule has 0 bridgehead atoms. The predicted octanol–water partition coefficient (Wildman–Crippen LogP) is 4.12. The maximum Gasteiger partial charge on any atom is 0.305 e. The van der Waals surface area contributed by atoms with Crippen LogP contribution in [0.15, 0.2) is 0 Å². The molecule has 4 saturated carbocycles. The molecule has 1 saturated heterocycles. The van der Waals surface area contributed by atoms with E-state index >= 15 is 0 Å². The molecule has 9 nitrogen and oxygen atoms in total. The van der Waals surface area contributed by atoms with Gasteiger partial charge in [0.2, 0.25) is 12.4 Å². The van der Waals surface area contributed by atoms with Gasteiger partial charge in [0.25, 0.3) is 0 Å². The van der Waals surface area contributed by atoms with Crippen molar-refractivity contribution in [2.45, 2.75) is 131 Å². The number of carbonyl (C=O) groups excluding carboxylic acids is 4. The first kappa shape index (κ1) is 29.5. The normalized spacial score (nSPS) is 49.0. The van der Waals surface area contributed by atoms with Crippen LogP contribution in [-0.2, 0) is 38.1 Å². The molecule has 0 radical (unpaired) electrons. The first-order valence-electron chi connectivity index (χ1n) is 14.9. The summed E-state index contributed by atoms with van der Waals surface area (Å²) in [6.07, 6.45) is 1.38. The monoisotopic (exact) mass is 562 g/mol. The van der Waals surface area contributed by atoms with Crippen LogP contribution in [0.5, 0.6) is 0 Å². The molecule has 9 heteroatoms. The maximum atomic E-state index is 14.7. The Morgan fingerprint density at radius 3 is 2.00 bits per heavy atom. The molecule has 0 spiro atoms. The molecule has 1 N–H and O–H groups in total. The first-order valence-corrected chi connectivity index (χ1v) is 14.9. The van der Waals surface area contributed by atoms with Crippen LogP contribution in [0.2, 0.25) is 0 Å². The van der Waals surface area contributed by atoms with E-state index in [0.29, 0.717) is 12.3 Å². The van der Waals surface area contributed by atoms with E-state index in [1.807, 2.05) is 0 Å². The number of esters is 3. The average Bonchev–Trinajstić information content (AvgIpc) is 3.07. The fraction of sp³-hybridized carbons (Fsp3) is 0.871. The van der Waals surface area contributed by atoms with Crippen molar-refractivity contribution in [1.29, 1.82) is 0 Å². The second-order valence-electron chi connectivity index (χ2n) is 14.7. The van der Waals surface area contributed by atoms with Gasteiger partial charge in [-0.3, -0.25) is 19.2 Å². The third-order valence-electron chi connectivity index (χ3n) is 12.1. The molecule has 40 heavy (non-hydrogen) atoms. The summed E-state index contributed by atoms with van der Waals surface area (Å²) in [5, 5.41) is 12.1. The van der Waals surface area contributed by atoms with Crippen molar-refractivity contribution in [1.82, 2.24) is 0 Å². The lowest BCUT2D eigenvalue weighted by Crippen LogP contribution is -2.74.